The maximum absolute atomic E-state index is 12.4. The number of rotatable bonds is 8. The first-order chi connectivity index (χ1) is 13.9. The largest absolute Gasteiger partial charge is 0.454 e. The summed E-state index contributed by atoms with van der Waals surface area (Å²) in [5, 5.41) is 2.51. The minimum atomic E-state index is -0.923. The number of alkyl carbamates (subject to hydrolysis) is 1. The van der Waals surface area contributed by atoms with Crippen molar-refractivity contribution in [2.24, 2.45) is 5.92 Å². The van der Waals surface area contributed by atoms with Gasteiger partial charge in [0.2, 0.25) is 0 Å². The van der Waals surface area contributed by atoms with Gasteiger partial charge in [0, 0.05) is 12.7 Å². The summed E-state index contributed by atoms with van der Waals surface area (Å²) in [4.78, 5) is 38.1. The minimum Gasteiger partial charge on any atom is -0.454 e. The number of amides is 2. The molecule has 7 nitrogen and oxygen atoms in total. The van der Waals surface area contributed by atoms with Crippen molar-refractivity contribution in [3.05, 3.63) is 66.2 Å². The van der Waals surface area contributed by atoms with Gasteiger partial charge in [-0.25, -0.2) is 9.59 Å². The molecule has 0 heterocycles. The van der Waals surface area contributed by atoms with Crippen LogP contribution in [0.3, 0.4) is 0 Å². The molecule has 0 fully saturated rings. The van der Waals surface area contributed by atoms with Crippen LogP contribution in [0.2, 0.25) is 0 Å². The highest BCUT2D eigenvalue weighted by Gasteiger charge is 2.27. The number of hydrogen-bond acceptors (Lipinski definition) is 5. The molecule has 154 valence electrons. The molecule has 0 aliphatic rings. The predicted octanol–water partition coefficient (Wildman–Crippen LogP) is 3.14. The average molecular weight is 398 g/mol. The van der Waals surface area contributed by atoms with Gasteiger partial charge in [0.25, 0.3) is 5.91 Å². The highest BCUT2D eigenvalue weighted by molar-refractivity contribution is 5.95. The van der Waals surface area contributed by atoms with E-state index in [9.17, 15) is 14.4 Å². The molecule has 2 amide bonds. The van der Waals surface area contributed by atoms with Crippen molar-refractivity contribution < 1.29 is 23.9 Å². The molecule has 1 N–H and O–H groups in total. The van der Waals surface area contributed by atoms with Crippen LogP contribution in [-0.2, 0) is 25.7 Å². The summed E-state index contributed by atoms with van der Waals surface area (Å²) in [5.41, 5.74) is 1.53. The standard InChI is InChI=1S/C22H26N2O5/c1-16(2)20(23-22(27)29-14-17-10-6-4-7-11-17)21(26)28-15-19(25)24(3)18-12-8-5-9-13-18/h4-13,16,20H,14-15H2,1-3H3,(H,23,27). The Hall–Kier alpha value is -3.35. The van der Waals surface area contributed by atoms with Gasteiger partial charge in [-0.1, -0.05) is 62.4 Å². The molecular weight excluding hydrogens is 372 g/mol. The van der Waals surface area contributed by atoms with E-state index in [0.29, 0.717) is 5.69 Å². The maximum Gasteiger partial charge on any atom is 0.408 e. The summed E-state index contributed by atoms with van der Waals surface area (Å²) >= 11 is 0. The average Bonchev–Trinajstić information content (AvgIpc) is 2.74. The summed E-state index contributed by atoms with van der Waals surface area (Å²) in [5.74, 6) is -1.31. The summed E-state index contributed by atoms with van der Waals surface area (Å²) in [6.07, 6.45) is -0.725. The van der Waals surface area contributed by atoms with Crippen LogP contribution in [0.1, 0.15) is 19.4 Å². The Balaban J connectivity index is 1.85. The molecule has 0 spiro atoms. The number of likely N-dealkylation sites (N-methyl/N-ethyl adjacent to an activating group) is 1. The van der Waals surface area contributed by atoms with E-state index in [1.807, 2.05) is 48.5 Å². The molecule has 1 atom stereocenters. The zero-order chi connectivity index (χ0) is 21.2. The third-order valence-corrected chi connectivity index (χ3v) is 4.26. The zero-order valence-corrected chi connectivity index (χ0v) is 16.8. The van der Waals surface area contributed by atoms with Crippen molar-refractivity contribution in [2.45, 2.75) is 26.5 Å². The highest BCUT2D eigenvalue weighted by Crippen LogP contribution is 2.12. The number of anilines is 1. The van der Waals surface area contributed by atoms with Crippen LogP contribution in [-0.4, -0.2) is 37.7 Å². The Morgan fingerprint density at radius 1 is 0.931 bits per heavy atom. The Labute approximate surface area is 170 Å². The molecule has 0 aromatic heterocycles. The van der Waals surface area contributed by atoms with Gasteiger partial charge < -0.3 is 19.7 Å². The van der Waals surface area contributed by atoms with E-state index < -0.39 is 24.7 Å². The van der Waals surface area contributed by atoms with Crippen molar-refractivity contribution in [3.8, 4) is 0 Å². The summed E-state index contributed by atoms with van der Waals surface area (Å²) in [7, 11) is 1.60. The van der Waals surface area contributed by atoms with Gasteiger partial charge in [-0.15, -0.1) is 0 Å². The van der Waals surface area contributed by atoms with Gasteiger partial charge in [-0.2, -0.15) is 0 Å². The Morgan fingerprint density at radius 3 is 2.10 bits per heavy atom. The van der Waals surface area contributed by atoms with E-state index in [4.69, 9.17) is 9.47 Å². The van der Waals surface area contributed by atoms with Crippen LogP contribution in [0.5, 0.6) is 0 Å². The van der Waals surface area contributed by atoms with Crippen LogP contribution in [0.15, 0.2) is 60.7 Å². The van der Waals surface area contributed by atoms with Gasteiger partial charge >= 0.3 is 12.1 Å². The van der Waals surface area contributed by atoms with E-state index in [1.165, 1.54) is 4.90 Å². The van der Waals surface area contributed by atoms with Crippen LogP contribution < -0.4 is 10.2 Å². The Morgan fingerprint density at radius 2 is 1.52 bits per heavy atom. The number of para-hydroxylation sites is 1. The monoisotopic (exact) mass is 398 g/mol. The fraction of sp³-hybridized carbons (Fsp3) is 0.318. The molecular formula is C22H26N2O5. The first kappa shape index (κ1) is 21.9. The Kier molecular flexibility index (Phi) is 8.21. The predicted molar refractivity (Wildman–Crippen MR) is 109 cm³/mol. The van der Waals surface area contributed by atoms with Crippen molar-refractivity contribution >= 4 is 23.7 Å². The van der Waals surface area contributed by atoms with E-state index in [1.54, 1.807) is 33.0 Å². The number of benzene rings is 2. The number of nitrogens with zero attached hydrogens (tertiary/aromatic N) is 1. The van der Waals surface area contributed by atoms with Crippen LogP contribution in [0.25, 0.3) is 0 Å². The van der Waals surface area contributed by atoms with Crippen molar-refractivity contribution in [3.63, 3.8) is 0 Å². The van der Waals surface area contributed by atoms with Crippen molar-refractivity contribution in [1.82, 2.24) is 5.32 Å². The maximum atomic E-state index is 12.4. The molecule has 2 aromatic carbocycles. The molecule has 1 unspecified atom stereocenters. The van der Waals surface area contributed by atoms with Crippen molar-refractivity contribution in [2.75, 3.05) is 18.6 Å². The Bertz CT molecular complexity index is 808. The number of esters is 1. The fourth-order valence-corrected chi connectivity index (χ4v) is 2.50. The number of nitrogens with one attached hydrogen (secondary N) is 1. The molecule has 29 heavy (non-hydrogen) atoms. The number of carbonyl (C=O) groups is 3. The molecule has 2 rings (SSSR count). The summed E-state index contributed by atoms with van der Waals surface area (Å²) < 4.78 is 10.3. The van der Waals surface area contributed by atoms with E-state index in [2.05, 4.69) is 5.32 Å². The lowest BCUT2D eigenvalue weighted by Gasteiger charge is -2.22. The lowest BCUT2D eigenvalue weighted by molar-refractivity contribution is -0.150. The number of hydrogen-bond donors (Lipinski definition) is 1. The molecule has 0 radical (unpaired) electrons. The molecule has 0 saturated carbocycles. The fourth-order valence-electron chi connectivity index (χ4n) is 2.50. The third kappa shape index (κ3) is 6.95. The molecule has 0 bridgehead atoms. The van der Waals surface area contributed by atoms with Gasteiger partial charge in [-0.05, 0) is 23.6 Å². The second kappa shape index (κ2) is 10.8. The molecule has 7 heteroatoms. The first-order valence-electron chi connectivity index (χ1n) is 9.34. The third-order valence-electron chi connectivity index (χ3n) is 4.26. The summed E-state index contributed by atoms with van der Waals surface area (Å²) in [6.45, 7) is 3.20. The molecule has 0 aliphatic carbocycles. The minimum absolute atomic E-state index is 0.0902. The molecule has 2 aromatic rings. The van der Waals surface area contributed by atoms with E-state index in [0.717, 1.165) is 5.56 Å². The first-order valence-corrected chi connectivity index (χ1v) is 9.34. The highest BCUT2D eigenvalue weighted by atomic mass is 16.6. The topological polar surface area (TPSA) is 84.9 Å². The lowest BCUT2D eigenvalue weighted by Crippen LogP contribution is -2.46. The van der Waals surface area contributed by atoms with Crippen molar-refractivity contribution in [1.29, 1.82) is 0 Å². The van der Waals surface area contributed by atoms with Crippen LogP contribution in [0, 0.1) is 5.92 Å². The van der Waals surface area contributed by atoms with Crippen LogP contribution >= 0.6 is 0 Å². The van der Waals surface area contributed by atoms with Gasteiger partial charge in [0.05, 0.1) is 0 Å². The van der Waals surface area contributed by atoms with Gasteiger partial charge in [0.15, 0.2) is 6.61 Å². The number of ether oxygens (including phenoxy) is 2. The molecule has 0 saturated heterocycles. The van der Waals surface area contributed by atoms with Gasteiger partial charge in [0.1, 0.15) is 12.6 Å². The summed E-state index contributed by atoms with van der Waals surface area (Å²) in [6, 6.07) is 17.3. The van der Waals surface area contributed by atoms with E-state index >= 15 is 0 Å². The second-order valence-corrected chi connectivity index (χ2v) is 6.82. The smallest absolute Gasteiger partial charge is 0.408 e. The van der Waals surface area contributed by atoms with Gasteiger partial charge in [-0.3, -0.25) is 4.79 Å². The van der Waals surface area contributed by atoms with Crippen LogP contribution in [0.4, 0.5) is 10.5 Å². The second-order valence-electron chi connectivity index (χ2n) is 6.82. The normalized spacial score (nSPS) is 11.4. The zero-order valence-electron chi connectivity index (χ0n) is 16.8. The number of carbonyl (C=O) groups excluding carboxylic acids is 3. The molecule has 0 aliphatic heterocycles. The lowest BCUT2D eigenvalue weighted by atomic mass is 10.1. The quantitative estimate of drug-likeness (QED) is 0.691. The van der Waals surface area contributed by atoms with E-state index in [-0.39, 0.29) is 18.4 Å². The SMILES string of the molecule is CC(C)C(NC(=O)OCc1ccccc1)C(=O)OCC(=O)N(C)c1ccccc1.